The van der Waals surface area contributed by atoms with Crippen LogP contribution in [0.25, 0.3) is 5.78 Å². The van der Waals surface area contributed by atoms with Crippen LogP contribution in [0.15, 0.2) is 12.4 Å². The summed E-state index contributed by atoms with van der Waals surface area (Å²) in [6.07, 6.45) is 1.49. The van der Waals surface area contributed by atoms with Crippen LogP contribution < -0.4 is 4.90 Å². The number of nitrogens with zero attached hydrogens (tertiary/aromatic N) is 6. The molecule has 18 heavy (non-hydrogen) atoms. The van der Waals surface area contributed by atoms with Crippen LogP contribution in [0, 0.1) is 24.2 Å². The van der Waals surface area contributed by atoms with Crippen molar-refractivity contribution in [1.82, 2.24) is 19.6 Å². The molecule has 0 saturated heterocycles. The summed E-state index contributed by atoms with van der Waals surface area (Å²) in [5.41, 5.74) is 0.897. The molecular formula is C12H16N6. The van der Waals surface area contributed by atoms with Crippen LogP contribution in [0.3, 0.4) is 0 Å². The van der Waals surface area contributed by atoms with Gasteiger partial charge in [0, 0.05) is 24.8 Å². The van der Waals surface area contributed by atoms with Gasteiger partial charge in [-0.1, -0.05) is 0 Å². The Morgan fingerprint density at radius 1 is 1.56 bits per heavy atom. The number of hydrogen-bond acceptors (Lipinski definition) is 5. The van der Waals surface area contributed by atoms with Crippen molar-refractivity contribution in [2.75, 3.05) is 18.0 Å². The van der Waals surface area contributed by atoms with Crippen molar-refractivity contribution in [3.63, 3.8) is 0 Å². The molecule has 0 radical (unpaired) electrons. The number of rotatable bonds is 4. The van der Waals surface area contributed by atoms with E-state index in [0.717, 1.165) is 18.1 Å². The third-order valence-corrected chi connectivity index (χ3v) is 2.78. The van der Waals surface area contributed by atoms with Crippen LogP contribution in [-0.2, 0) is 0 Å². The molecule has 2 heterocycles. The lowest BCUT2D eigenvalue weighted by Gasteiger charge is -2.24. The number of nitriles is 1. The SMILES string of the molecule is CCN(CC(C)C#N)c1cc(C)nc2ncnn12. The monoisotopic (exact) mass is 244 g/mol. The molecule has 0 N–H and O–H groups in total. The number of anilines is 1. The van der Waals surface area contributed by atoms with E-state index in [2.05, 4.69) is 33.0 Å². The molecule has 2 rings (SSSR count). The highest BCUT2D eigenvalue weighted by molar-refractivity contribution is 5.47. The number of aryl methyl sites for hydroxylation is 1. The molecule has 0 aromatic carbocycles. The van der Waals surface area contributed by atoms with E-state index in [9.17, 15) is 0 Å². The van der Waals surface area contributed by atoms with E-state index in [0.29, 0.717) is 12.3 Å². The van der Waals surface area contributed by atoms with Gasteiger partial charge < -0.3 is 4.90 Å². The van der Waals surface area contributed by atoms with Crippen LogP contribution in [0.5, 0.6) is 0 Å². The minimum Gasteiger partial charge on any atom is -0.355 e. The van der Waals surface area contributed by atoms with E-state index < -0.39 is 0 Å². The first-order chi connectivity index (χ1) is 8.65. The second-order valence-corrected chi connectivity index (χ2v) is 4.30. The topological polar surface area (TPSA) is 70.1 Å². The maximum absolute atomic E-state index is 8.93. The average molecular weight is 244 g/mol. The van der Waals surface area contributed by atoms with E-state index in [1.807, 2.05) is 19.9 Å². The fourth-order valence-electron chi connectivity index (χ4n) is 1.89. The number of aromatic nitrogens is 4. The third-order valence-electron chi connectivity index (χ3n) is 2.78. The predicted molar refractivity (Wildman–Crippen MR) is 68.2 cm³/mol. The summed E-state index contributed by atoms with van der Waals surface area (Å²) in [6.45, 7) is 7.38. The van der Waals surface area contributed by atoms with Crippen molar-refractivity contribution in [3.8, 4) is 6.07 Å². The van der Waals surface area contributed by atoms with Gasteiger partial charge in [0.25, 0.3) is 5.78 Å². The zero-order valence-electron chi connectivity index (χ0n) is 10.8. The van der Waals surface area contributed by atoms with Gasteiger partial charge in [0.2, 0.25) is 0 Å². The first-order valence-corrected chi connectivity index (χ1v) is 5.97. The lowest BCUT2D eigenvalue weighted by atomic mass is 10.2. The largest absolute Gasteiger partial charge is 0.355 e. The molecule has 0 bridgehead atoms. The van der Waals surface area contributed by atoms with Crippen LogP contribution in [0.2, 0.25) is 0 Å². The Morgan fingerprint density at radius 3 is 3.00 bits per heavy atom. The second-order valence-electron chi connectivity index (χ2n) is 4.30. The minimum absolute atomic E-state index is 0.0306. The molecule has 6 nitrogen and oxygen atoms in total. The maximum atomic E-state index is 8.93. The highest BCUT2D eigenvalue weighted by atomic mass is 15.4. The van der Waals surface area contributed by atoms with Gasteiger partial charge in [0.15, 0.2) is 0 Å². The maximum Gasteiger partial charge on any atom is 0.254 e. The zero-order chi connectivity index (χ0) is 13.1. The Bertz CT molecular complexity index is 582. The summed E-state index contributed by atoms with van der Waals surface area (Å²) in [7, 11) is 0. The summed E-state index contributed by atoms with van der Waals surface area (Å²) < 4.78 is 1.71. The first kappa shape index (κ1) is 12.3. The lowest BCUT2D eigenvalue weighted by Crippen LogP contribution is -2.30. The second kappa shape index (κ2) is 5.00. The Labute approximate surface area is 106 Å². The molecule has 1 unspecified atom stereocenters. The van der Waals surface area contributed by atoms with Gasteiger partial charge >= 0.3 is 0 Å². The van der Waals surface area contributed by atoms with Gasteiger partial charge in [-0.2, -0.15) is 19.9 Å². The first-order valence-electron chi connectivity index (χ1n) is 5.97. The van der Waals surface area contributed by atoms with Gasteiger partial charge in [-0.25, -0.2) is 4.98 Å². The van der Waals surface area contributed by atoms with E-state index in [4.69, 9.17) is 5.26 Å². The van der Waals surface area contributed by atoms with E-state index in [1.165, 1.54) is 6.33 Å². The Balaban J connectivity index is 2.44. The van der Waals surface area contributed by atoms with E-state index in [-0.39, 0.29) is 5.92 Å². The number of hydrogen-bond donors (Lipinski definition) is 0. The summed E-state index contributed by atoms with van der Waals surface area (Å²) in [6, 6.07) is 4.22. The number of fused-ring (bicyclic) bond motifs is 1. The average Bonchev–Trinajstić information content (AvgIpc) is 2.82. The molecular weight excluding hydrogens is 228 g/mol. The molecule has 0 saturated carbocycles. The van der Waals surface area contributed by atoms with Crippen LogP contribution in [0.1, 0.15) is 19.5 Å². The normalized spacial score (nSPS) is 12.3. The summed E-state index contributed by atoms with van der Waals surface area (Å²) in [4.78, 5) is 10.5. The molecule has 0 aliphatic heterocycles. The molecule has 0 aliphatic rings. The van der Waals surface area contributed by atoms with Crippen molar-refractivity contribution in [2.24, 2.45) is 5.92 Å². The Morgan fingerprint density at radius 2 is 2.33 bits per heavy atom. The standard InChI is InChI=1S/C12H16N6/c1-4-17(7-9(2)6-13)11-5-10(3)16-12-14-8-15-18(11)12/h5,8-9H,4,7H2,1-3H3. The molecule has 1 atom stereocenters. The van der Waals surface area contributed by atoms with Gasteiger partial charge in [-0.05, 0) is 20.8 Å². The molecule has 0 spiro atoms. The Kier molecular flexibility index (Phi) is 3.42. The van der Waals surface area contributed by atoms with Crippen molar-refractivity contribution in [3.05, 3.63) is 18.1 Å². The molecule has 0 amide bonds. The van der Waals surface area contributed by atoms with Gasteiger partial charge in [-0.3, -0.25) is 0 Å². The van der Waals surface area contributed by atoms with Gasteiger partial charge in [0.05, 0.1) is 12.0 Å². The Hall–Kier alpha value is -2.16. The molecule has 6 heteroatoms. The molecule has 0 fully saturated rings. The summed E-state index contributed by atoms with van der Waals surface area (Å²) in [5, 5.41) is 13.1. The van der Waals surface area contributed by atoms with Crippen LogP contribution >= 0.6 is 0 Å². The van der Waals surface area contributed by atoms with Crippen molar-refractivity contribution in [1.29, 1.82) is 5.26 Å². The molecule has 2 aromatic rings. The van der Waals surface area contributed by atoms with Crippen molar-refractivity contribution < 1.29 is 0 Å². The lowest BCUT2D eigenvalue weighted by molar-refractivity contribution is 0.668. The molecule has 0 aliphatic carbocycles. The highest BCUT2D eigenvalue weighted by Crippen LogP contribution is 2.16. The zero-order valence-corrected chi connectivity index (χ0v) is 10.8. The van der Waals surface area contributed by atoms with Crippen molar-refractivity contribution >= 4 is 11.6 Å². The highest BCUT2D eigenvalue weighted by Gasteiger charge is 2.14. The summed E-state index contributed by atoms with van der Waals surface area (Å²) >= 11 is 0. The molecule has 94 valence electrons. The smallest absolute Gasteiger partial charge is 0.254 e. The van der Waals surface area contributed by atoms with Crippen molar-refractivity contribution in [2.45, 2.75) is 20.8 Å². The predicted octanol–water partition coefficient (Wildman–Crippen LogP) is 1.42. The fourth-order valence-corrected chi connectivity index (χ4v) is 1.89. The van der Waals surface area contributed by atoms with Crippen LogP contribution in [0.4, 0.5) is 5.82 Å². The van der Waals surface area contributed by atoms with Gasteiger partial charge in [-0.15, -0.1) is 0 Å². The van der Waals surface area contributed by atoms with Gasteiger partial charge in [0.1, 0.15) is 12.1 Å². The summed E-state index contributed by atoms with van der Waals surface area (Å²) in [5.74, 6) is 1.49. The minimum atomic E-state index is -0.0306. The van der Waals surface area contributed by atoms with E-state index >= 15 is 0 Å². The quantitative estimate of drug-likeness (QED) is 0.813. The third kappa shape index (κ3) is 2.25. The van der Waals surface area contributed by atoms with Crippen LogP contribution in [-0.4, -0.2) is 32.7 Å². The molecule has 2 aromatic heterocycles. The fraction of sp³-hybridized carbons (Fsp3) is 0.500. The van der Waals surface area contributed by atoms with E-state index in [1.54, 1.807) is 4.52 Å².